The van der Waals surface area contributed by atoms with Crippen molar-refractivity contribution in [3.8, 4) is 0 Å². The van der Waals surface area contributed by atoms with Crippen molar-refractivity contribution in [2.75, 3.05) is 26.2 Å². The zero-order valence-corrected chi connectivity index (χ0v) is 12.3. The molecule has 1 saturated carbocycles. The largest absolute Gasteiger partial charge is 0.378 e. The molecule has 0 spiro atoms. The van der Waals surface area contributed by atoms with E-state index in [0.717, 1.165) is 12.5 Å². The van der Waals surface area contributed by atoms with Crippen molar-refractivity contribution in [3.05, 3.63) is 0 Å². The summed E-state index contributed by atoms with van der Waals surface area (Å²) in [6, 6.07) is 0.649. The van der Waals surface area contributed by atoms with Crippen molar-refractivity contribution in [2.24, 2.45) is 11.3 Å². The van der Waals surface area contributed by atoms with Crippen molar-refractivity contribution in [3.63, 3.8) is 0 Å². The molecule has 3 nitrogen and oxygen atoms in total. The first-order valence-electron chi connectivity index (χ1n) is 7.70. The van der Waals surface area contributed by atoms with E-state index in [1.165, 1.54) is 45.3 Å². The summed E-state index contributed by atoms with van der Waals surface area (Å²) in [6.07, 6.45) is 5.71. The van der Waals surface area contributed by atoms with Crippen molar-refractivity contribution < 1.29 is 4.74 Å². The number of hydrogen-bond acceptors (Lipinski definition) is 3. The van der Waals surface area contributed by atoms with Gasteiger partial charge in [0.05, 0.1) is 6.10 Å². The van der Waals surface area contributed by atoms with Gasteiger partial charge in [-0.1, -0.05) is 13.8 Å². The Morgan fingerprint density at radius 3 is 2.83 bits per heavy atom. The number of ether oxygens (including phenoxy) is 1. The predicted octanol–water partition coefficient (Wildman–Crippen LogP) is 2.17. The molecule has 106 valence electrons. The minimum absolute atomic E-state index is 0.310. The molecule has 1 saturated heterocycles. The first-order valence-corrected chi connectivity index (χ1v) is 7.70. The number of nitrogens with one attached hydrogen (secondary N) is 2. The number of hydrogen-bond donors (Lipinski definition) is 2. The maximum absolute atomic E-state index is 5.76. The molecule has 2 N–H and O–H groups in total. The van der Waals surface area contributed by atoms with Crippen LogP contribution in [-0.4, -0.2) is 38.4 Å². The smallest absolute Gasteiger partial charge is 0.0655 e. The lowest BCUT2D eigenvalue weighted by molar-refractivity contribution is -0.114. The highest BCUT2D eigenvalue weighted by molar-refractivity contribution is 5.02. The van der Waals surface area contributed by atoms with E-state index in [9.17, 15) is 0 Å². The minimum Gasteiger partial charge on any atom is -0.378 e. The molecular weight excluding hydrogens is 224 g/mol. The van der Waals surface area contributed by atoms with Crippen LogP contribution in [0.5, 0.6) is 0 Å². The Morgan fingerprint density at radius 2 is 2.22 bits per heavy atom. The molecule has 1 aliphatic carbocycles. The third-order valence-corrected chi connectivity index (χ3v) is 4.89. The highest BCUT2D eigenvalue weighted by atomic mass is 16.5. The Morgan fingerprint density at radius 1 is 1.39 bits per heavy atom. The normalized spacial score (nSPS) is 34.5. The second-order valence-electron chi connectivity index (χ2n) is 6.51. The van der Waals surface area contributed by atoms with E-state index in [0.29, 0.717) is 17.6 Å². The van der Waals surface area contributed by atoms with E-state index < -0.39 is 0 Å². The van der Waals surface area contributed by atoms with E-state index in [-0.39, 0.29) is 0 Å². The average Bonchev–Trinajstić information content (AvgIpc) is 2.84. The first-order chi connectivity index (χ1) is 8.64. The molecule has 0 radical (unpaired) electrons. The van der Waals surface area contributed by atoms with Crippen LogP contribution >= 0.6 is 0 Å². The van der Waals surface area contributed by atoms with Crippen LogP contribution < -0.4 is 10.6 Å². The lowest BCUT2D eigenvalue weighted by atomic mass is 9.64. The molecule has 0 aromatic heterocycles. The van der Waals surface area contributed by atoms with Crippen LogP contribution in [0, 0.1) is 11.3 Å². The molecule has 0 bridgehead atoms. The van der Waals surface area contributed by atoms with Crippen molar-refractivity contribution in [1.29, 1.82) is 0 Å². The van der Waals surface area contributed by atoms with E-state index in [4.69, 9.17) is 4.74 Å². The molecule has 18 heavy (non-hydrogen) atoms. The fraction of sp³-hybridized carbons (Fsp3) is 1.00. The lowest BCUT2D eigenvalue weighted by Gasteiger charge is -2.52. The molecule has 3 heteroatoms. The summed E-state index contributed by atoms with van der Waals surface area (Å²) in [5.74, 6) is 0.928. The van der Waals surface area contributed by atoms with E-state index in [2.05, 4.69) is 31.4 Å². The van der Waals surface area contributed by atoms with Crippen LogP contribution in [0.1, 0.15) is 46.5 Å². The monoisotopic (exact) mass is 254 g/mol. The molecule has 2 rings (SSSR count). The van der Waals surface area contributed by atoms with Gasteiger partial charge in [0.15, 0.2) is 0 Å². The Labute approximate surface area is 112 Å². The molecule has 0 aromatic rings. The van der Waals surface area contributed by atoms with Crippen LogP contribution in [0.15, 0.2) is 0 Å². The summed E-state index contributed by atoms with van der Waals surface area (Å²) < 4.78 is 5.76. The van der Waals surface area contributed by atoms with Gasteiger partial charge >= 0.3 is 0 Å². The van der Waals surface area contributed by atoms with Crippen LogP contribution in [0.3, 0.4) is 0 Å². The summed E-state index contributed by atoms with van der Waals surface area (Å²) >= 11 is 0. The van der Waals surface area contributed by atoms with Crippen LogP contribution in [0.2, 0.25) is 0 Å². The van der Waals surface area contributed by atoms with Crippen molar-refractivity contribution in [1.82, 2.24) is 10.6 Å². The van der Waals surface area contributed by atoms with Gasteiger partial charge in [0.1, 0.15) is 0 Å². The van der Waals surface area contributed by atoms with Crippen molar-refractivity contribution in [2.45, 2.75) is 58.6 Å². The van der Waals surface area contributed by atoms with Gasteiger partial charge < -0.3 is 15.4 Å². The van der Waals surface area contributed by atoms with E-state index >= 15 is 0 Å². The Kier molecular flexibility index (Phi) is 5.05. The summed E-state index contributed by atoms with van der Waals surface area (Å²) in [5, 5.41) is 7.16. The van der Waals surface area contributed by atoms with Crippen LogP contribution in [0.4, 0.5) is 0 Å². The second kappa shape index (κ2) is 6.36. The highest BCUT2D eigenvalue weighted by Crippen LogP contribution is 2.42. The summed E-state index contributed by atoms with van der Waals surface area (Å²) in [7, 11) is 0. The molecule has 0 amide bonds. The molecule has 2 aliphatic rings. The van der Waals surface area contributed by atoms with Gasteiger partial charge in [-0.2, -0.15) is 0 Å². The first kappa shape index (κ1) is 14.3. The molecule has 1 aliphatic heterocycles. The second-order valence-corrected chi connectivity index (χ2v) is 6.51. The lowest BCUT2D eigenvalue weighted by Crippen LogP contribution is -2.61. The molecule has 1 heterocycles. The summed E-state index contributed by atoms with van der Waals surface area (Å²) in [6.45, 7) is 11.2. The quantitative estimate of drug-likeness (QED) is 0.683. The SMILES string of the molecule is CCOC1CC(NCCCC2CCNC2)C1(C)C. The van der Waals surface area contributed by atoms with Gasteiger partial charge in [0.2, 0.25) is 0 Å². The van der Waals surface area contributed by atoms with Gasteiger partial charge in [-0.15, -0.1) is 0 Å². The highest BCUT2D eigenvalue weighted by Gasteiger charge is 2.48. The molecule has 0 aromatic carbocycles. The zero-order valence-electron chi connectivity index (χ0n) is 12.3. The Balaban J connectivity index is 1.57. The van der Waals surface area contributed by atoms with Crippen LogP contribution in [0.25, 0.3) is 0 Å². The molecular formula is C15H30N2O. The fourth-order valence-electron chi connectivity index (χ4n) is 3.34. The van der Waals surface area contributed by atoms with Gasteiger partial charge in [-0.25, -0.2) is 0 Å². The maximum atomic E-state index is 5.76. The van der Waals surface area contributed by atoms with E-state index in [1.54, 1.807) is 0 Å². The summed E-state index contributed by atoms with van der Waals surface area (Å²) in [5.41, 5.74) is 0.310. The molecule has 2 fully saturated rings. The fourth-order valence-corrected chi connectivity index (χ4v) is 3.34. The molecule has 3 unspecified atom stereocenters. The maximum Gasteiger partial charge on any atom is 0.0655 e. The predicted molar refractivity (Wildman–Crippen MR) is 75.8 cm³/mol. The topological polar surface area (TPSA) is 33.3 Å². The summed E-state index contributed by atoms with van der Waals surface area (Å²) in [4.78, 5) is 0. The third-order valence-electron chi connectivity index (χ3n) is 4.89. The zero-order chi connectivity index (χ0) is 13.0. The standard InChI is InChI=1S/C15H30N2O/c1-4-18-14-10-13(15(14,2)3)17-8-5-6-12-7-9-16-11-12/h12-14,16-17H,4-11H2,1-3H3. The van der Waals surface area contributed by atoms with Gasteiger partial charge in [0, 0.05) is 18.1 Å². The minimum atomic E-state index is 0.310. The third kappa shape index (κ3) is 3.25. The van der Waals surface area contributed by atoms with Crippen LogP contribution in [-0.2, 0) is 4.74 Å². The van der Waals surface area contributed by atoms with Crippen molar-refractivity contribution >= 4 is 0 Å². The Bertz CT molecular complexity index is 249. The Hall–Kier alpha value is -0.120. The van der Waals surface area contributed by atoms with Gasteiger partial charge in [0.25, 0.3) is 0 Å². The van der Waals surface area contributed by atoms with Gasteiger partial charge in [-0.05, 0) is 58.2 Å². The van der Waals surface area contributed by atoms with Gasteiger partial charge in [-0.3, -0.25) is 0 Å². The van der Waals surface area contributed by atoms with E-state index in [1.807, 2.05) is 0 Å². The number of rotatable bonds is 7. The molecule has 3 atom stereocenters. The average molecular weight is 254 g/mol.